The van der Waals surface area contributed by atoms with Gasteiger partial charge in [0.15, 0.2) is 5.11 Å². The molecule has 0 atom stereocenters. The molecule has 0 bridgehead atoms. The molecule has 6 heteroatoms. The number of carbonyl (C=O) groups is 2. The Morgan fingerprint density at radius 1 is 1.26 bits per heavy atom. The summed E-state index contributed by atoms with van der Waals surface area (Å²) in [6.45, 7) is 2.45. The molecule has 0 aromatic heterocycles. The minimum Gasteiger partial charge on any atom is -0.352 e. The zero-order valence-electron chi connectivity index (χ0n) is 13.4. The van der Waals surface area contributed by atoms with Gasteiger partial charge in [-0.1, -0.05) is 18.9 Å². The van der Waals surface area contributed by atoms with Crippen LogP contribution in [0.1, 0.15) is 49.4 Å². The van der Waals surface area contributed by atoms with Crippen LogP contribution < -0.4 is 16.0 Å². The molecule has 0 aliphatic heterocycles. The number of anilines is 1. The second-order valence-electron chi connectivity index (χ2n) is 5.80. The predicted octanol–water partition coefficient (Wildman–Crippen LogP) is 2.83. The Morgan fingerprint density at radius 2 is 2.00 bits per heavy atom. The summed E-state index contributed by atoms with van der Waals surface area (Å²) in [5.41, 5.74) is 1.23. The maximum atomic E-state index is 12.0. The molecule has 0 saturated heterocycles. The molecule has 23 heavy (non-hydrogen) atoms. The molecule has 1 aromatic rings. The average molecular weight is 333 g/mol. The van der Waals surface area contributed by atoms with E-state index in [1.165, 1.54) is 12.8 Å². The third-order valence-electron chi connectivity index (χ3n) is 3.92. The summed E-state index contributed by atoms with van der Waals surface area (Å²) in [7, 11) is 0. The highest BCUT2D eigenvalue weighted by molar-refractivity contribution is 7.80. The van der Waals surface area contributed by atoms with Crippen LogP contribution in [0.4, 0.5) is 5.69 Å². The van der Waals surface area contributed by atoms with Gasteiger partial charge in [0.2, 0.25) is 5.91 Å². The summed E-state index contributed by atoms with van der Waals surface area (Å²) in [5.74, 6) is 0.306. The number of hydrogen-bond donors (Lipinski definition) is 3. The first kappa shape index (κ1) is 17.4. The fourth-order valence-corrected chi connectivity index (χ4v) is 3.05. The maximum absolute atomic E-state index is 12.0. The van der Waals surface area contributed by atoms with Crippen LogP contribution in [0.15, 0.2) is 24.3 Å². The van der Waals surface area contributed by atoms with Crippen LogP contribution in [-0.2, 0) is 4.79 Å². The summed E-state index contributed by atoms with van der Waals surface area (Å²) < 4.78 is 0. The number of rotatable bonds is 5. The Morgan fingerprint density at radius 3 is 2.70 bits per heavy atom. The fraction of sp³-hybridized carbons (Fsp3) is 0.471. The van der Waals surface area contributed by atoms with Crippen LogP contribution in [0, 0.1) is 5.92 Å². The van der Waals surface area contributed by atoms with Crippen LogP contribution in [0.3, 0.4) is 0 Å². The molecule has 0 heterocycles. The summed E-state index contributed by atoms with van der Waals surface area (Å²) in [6.07, 6.45) is 5.21. The van der Waals surface area contributed by atoms with Crippen LogP contribution in [0.5, 0.6) is 0 Å². The smallest absolute Gasteiger partial charge is 0.251 e. The molecule has 0 unspecified atom stereocenters. The van der Waals surface area contributed by atoms with Crippen LogP contribution >= 0.6 is 12.2 Å². The van der Waals surface area contributed by atoms with Crippen molar-refractivity contribution in [3.05, 3.63) is 29.8 Å². The normalized spacial score (nSPS) is 14.3. The standard InChI is InChI=1S/C17H23N3O2S/c1-2-18-16(22)13-8-5-9-14(11-13)19-17(23)20-15(21)10-12-6-3-4-7-12/h5,8-9,11-12H,2-4,6-7,10H2,1H3,(H,18,22)(H2,19,20,21,23). The molecule has 5 nitrogen and oxygen atoms in total. The van der Waals surface area contributed by atoms with E-state index >= 15 is 0 Å². The van der Waals surface area contributed by atoms with Gasteiger partial charge in [-0.15, -0.1) is 0 Å². The second-order valence-corrected chi connectivity index (χ2v) is 6.21. The zero-order valence-corrected chi connectivity index (χ0v) is 14.2. The third kappa shape index (κ3) is 5.63. The fourth-order valence-electron chi connectivity index (χ4n) is 2.82. The Hall–Kier alpha value is -1.95. The van der Waals surface area contributed by atoms with E-state index in [9.17, 15) is 9.59 Å². The van der Waals surface area contributed by atoms with Gasteiger partial charge in [-0.2, -0.15) is 0 Å². The average Bonchev–Trinajstić information content (AvgIpc) is 3.00. The third-order valence-corrected chi connectivity index (χ3v) is 4.13. The lowest BCUT2D eigenvalue weighted by Crippen LogP contribution is -2.35. The molecule has 124 valence electrons. The zero-order chi connectivity index (χ0) is 16.7. The SMILES string of the molecule is CCNC(=O)c1cccc(NC(=S)NC(=O)CC2CCCC2)c1. The van der Waals surface area contributed by atoms with E-state index < -0.39 is 0 Å². The highest BCUT2D eigenvalue weighted by atomic mass is 32.1. The first-order chi connectivity index (χ1) is 11.1. The van der Waals surface area contributed by atoms with Crippen molar-refractivity contribution in [3.63, 3.8) is 0 Å². The Labute approximate surface area is 142 Å². The second kappa shape index (κ2) is 8.62. The highest BCUT2D eigenvalue weighted by Gasteiger charge is 2.18. The van der Waals surface area contributed by atoms with E-state index in [0.29, 0.717) is 30.1 Å². The van der Waals surface area contributed by atoms with Gasteiger partial charge in [0.1, 0.15) is 0 Å². The molecular formula is C17H23N3O2S. The molecule has 0 radical (unpaired) electrons. The minimum absolute atomic E-state index is 0.0470. The molecular weight excluding hydrogens is 310 g/mol. The molecule has 1 aliphatic rings. The lowest BCUT2D eigenvalue weighted by Gasteiger charge is -2.12. The van der Waals surface area contributed by atoms with Gasteiger partial charge in [0.25, 0.3) is 5.91 Å². The van der Waals surface area contributed by atoms with Gasteiger partial charge in [0.05, 0.1) is 0 Å². The summed E-state index contributed by atoms with van der Waals surface area (Å²) in [5, 5.41) is 8.68. The van der Waals surface area contributed by atoms with Gasteiger partial charge >= 0.3 is 0 Å². The number of amides is 2. The lowest BCUT2D eigenvalue weighted by atomic mass is 10.0. The monoisotopic (exact) mass is 333 g/mol. The Kier molecular flexibility index (Phi) is 6.52. The van der Waals surface area contributed by atoms with Crippen molar-refractivity contribution in [1.29, 1.82) is 0 Å². The van der Waals surface area contributed by atoms with Crippen molar-refractivity contribution >= 4 is 34.8 Å². The van der Waals surface area contributed by atoms with Crippen molar-refractivity contribution in [3.8, 4) is 0 Å². The molecule has 1 fully saturated rings. The molecule has 1 saturated carbocycles. The van der Waals surface area contributed by atoms with Crippen LogP contribution in [-0.4, -0.2) is 23.5 Å². The lowest BCUT2D eigenvalue weighted by molar-refractivity contribution is -0.120. The number of hydrogen-bond acceptors (Lipinski definition) is 3. The molecule has 1 aliphatic carbocycles. The highest BCUT2D eigenvalue weighted by Crippen LogP contribution is 2.27. The Bertz CT molecular complexity index is 583. The van der Waals surface area contributed by atoms with Crippen molar-refractivity contribution in [2.24, 2.45) is 5.92 Å². The first-order valence-corrected chi connectivity index (χ1v) is 8.48. The number of nitrogens with one attached hydrogen (secondary N) is 3. The van der Waals surface area contributed by atoms with Crippen molar-refractivity contribution in [2.45, 2.75) is 39.0 Å². The maximum Gasteiger partial charge on any atom is 0.251 e. The van der Waals surface area contributed by atoms with Crippen molar-refractivity contribution in [2.75, 3.05) is 11.9 Å². The number of thiocarbonyl (C=S) groups is 1. The molecule has 0 spiro atoms. The molecule has 3 N–H and O–H groups in total. The molecule has 2 amide bonds. The predicted molar refractivity (Wildman–Crippen MR) is 95.4 cm³/mol. The van der Waals surface area contributed by atoms with E-state index in [1.54, 1.807) is 24.3 Å². The quantitative estimate of drug-likeness (QED) is 0.725. The number of benzene rings is 1. The first-order valence-electron chi connectivity index (χ1n) is 8.07. The molecule has 1 aromatic carbocycles. The van der Waals surface area contributed by atoms with Crippen molar-refractivity contribution in [1.82, 2.24) is 10.6 Å². The minimum atomic E-state index is -0.132. The van der Waals surface area contributed by atoms with Gasteiger partial charge < -0.3 is 16.0 Å². The van der Waals surface area contributed by atoms with E-state index in [4.69, 9.17) is 12.2 Å². The Balaban J connectivity index is 1.85. The van der Waals surface area contributed by atoms with Gasteiger partial charge in [0, 0.05) is 24.2 Å². The van der Waals surface area contributed by atoms with Crippen molar-refractivity contribution < 1.29 is 9.59 Å². The summed E-state index contributed by atoms with van der Waals surface area (Å²) in [6, 6.07) is 7.02. The van der Waals surface area contributed by atoms with Gasteiger partial charge in [-0.3, -0.25) is 9.59 Å². The van der Waals surface area contributed by atoms with Crippen LogP contribution in [0.25, 0.3) is 0 Å². The molecule has 2 rings (SSSR count). The van der Waals surface area contributed by atoms with E-state index in [-0.39, 0.29) is 16.9 Å². The van der Waals surface area contributed by atoms with E-state index in [2.05, 4.69) is 16.0 Å². The van der Waals surface area contributed by atoms with E-state index in [0.717, 1.165) is 12.8 Å². The van der Waals surface area contributed by atoms with Gasteiger partial charge in [-0.05, 0) is 56.1 Å². The van der Waals surface area contributed by atoms with Crippen LogP contribution in [0.2, 0.25) is 0 Å². The van der Waals surface area contributed by atoms with Gasteiger partial charge in [-0.25, -0.2) is 0 Å². The summed E-state index contributed by atoms with van der Waals surface area (Å²) >= 11 is 5.17. The summed E-state index contributed by atoms with van der Waals surface area (Å²) in [4.78, 5) is 23.8. The topological polar surface area (TPSA) is 70.2 Å². The largest absolute Gasteiger partial charge is 0.352 e. The van der Waals surface area contributed by atoms with E-state index in [1.807, 2.05) is 6.92 Å². The number of carbonyl (C=O) groups excluding carboxylic acids is 2.